The summed E-state index contributed by atoms with van der Waals surface area (Å²) in [5.41, 5.74) is 11.2. The van der Waals surface area contributed by atoms with Crippen LogP contribution in [0.3, 0.4) is 0 Å². The van der Waals surface area contributed by atoms with Crippen LogP contribution in [0.25, 0.3) is 16.6 Å². The van der Waals surface area contributed by atoms with Crippen molar-refractivity contribution < 1.29 is 14.0 Å². The SMILES string of the molecule is CC(=O)N1CCN(Cc2cc(-c3ccc(NC(=O)Nc4cc(C)ccc4F)cc3)c3c(N)ncnn23)CC1. The number of aromatic nitrogens is 3. The van der Waals surface area contributed by atoms with Gasteiger partial charge in [0.25, 0.3) is 0 Å². The first-order chi connectivity index (χ1) is 18.3. The van der Waals surface area contributed by atoms with Gasteiger partial charge in [0.2, 0.25) is 5.91 Å². The number of aryl methyl sites for hydroxylation is 1. The zero-order valence-electron chi connectivity index (χ0n) is 21.2. The smallest absolute Gasteiger partial charge is 0.323 e. The number of fused-ring (bicyclic) bond motifs is 1. The number of amides is 3. The first-order valence-corrected chi connectivity index (χ1v) is 12.3. The molecule has 3 heterocycles. The van der Waals surface area contributed by atoms with Crippen LogP contribution < -0.4 is 16.4 Å². The van der Waals surface area contributed by atoms with Crippen molar-refractivity contribution in [3.63, 3.8) is 0 Å². The lowest BCUT2D eigenvalue weighted by atomic mass is 10.1. The highest BCUT2D eigenvalue weighted by Crippen LogP contribution is 2.31. The fourth-order valence-corrected chi connectivity index (χ4v) is 4.67. The molecule has 0 bridgehead atoms. The Morgan fingerprint density at radius 3 is 2.47 bits per heavy atom. The molecule has 0 saturated carbocycles. The number of carbonyl (C=O) groups is 2. The summed E-state index contributed by atoms with van der Waals surface area (Å²) in [6, 6.07) is 13.3. The van der Waals surface area contributed by atoms with Crippen molar-refractivity contribution in [2.45, 2.75) is 20.4 Å². The number of urea groups is 1. The van der Waals surface area contributed by atoms with E-state index in [1.54, 1.807) is 31.2 Å². The van der Waals surface area contributed by atoms with Gasteiger partial charge in [0.15, 0.2) is 5.82 Å². The quantitative estimate of drug-likeness (QED) is 0.372. The van der Waals surface area contributed by atoms with Crippen molar-refractivity contribution in [1.29, 1.82) is 0 Å². The molecule has 2 aromatic heterocycles. The van der Waals surface area contributed by atoms with E-state index in [2.05, 4.69) is 25.6 Å². The van der Waals surface area contributed by atoms with E-state index in [0.717, 1.165) is 35.5 Å². The molecule has 2 aromatic carbocycles. The standard InChI is InChI=1S/C27H29FN8O2/c1-17-3-8-23(28)24(13-17)33-27(38)32-20-6-4-19(5-7-20)22-14-21(36-25(22)26(29)30-16-31-36)15-34-9-11-35(12-10-34)18(2)37/h3-8,13-14,16H,9-12,15H2,1-2H3,(H2,29,30,31)(H2,32,33,38). The van der Waals surface area contributed by atoms with Crippen LogP contribution in [0.5, 0.6) is 0 Å². The van der Waals surface area contributed by atoms with Gasteiger partial charge in [-0.15, -0.1) is 0 Å². The highest BCUT2D eigenvalue weighted by atomic mass is 19.1. The van der Waals surface area contributed by atoms with Crippen LogP contribution in [-0.4, -0.2) is 62.5 Å². The van der Waals surface area contributed by atoms with E-state index < -0.39 is 11.8 Å². The van der Waals surface area contributed by atoms with Gasteiger partial charge in [-0.25, -0.2) is 18.7 Å². The molecule has 0 aliphatic carbocycles. The van der Waals surface area contributed by atoms with Gasteiger partial charge in [0.05, 0.1) is 11.4 Å². The Morgan fingerprint density at radius 2 is 1.76 bits per heavy atom. The van der Waals surface area contributed by atoms with Gasteiger partial charge in [0, 0.05) is 50.9 Å². The molecule has 5 rings (SSSR count). The van der Waals surface area contributed by atoms with Crippen LogP contribution in [0, 0.1) is 12.7 Å². The Hall–Kier alpha value is -4.51. The number of nitrogens with two attached hydrogens (primary N) is 1. The fraction of sp³-hybridized carbons (Fsp3) is 0.259. The molecule has 38 heavy (non-hydrogen) atoms. The second-order valence-electron chi connectivity index (χ2n) is 9.38. The molecule has 11 heteroatoms. The maximum Gasteiger partial charge on any atom is 0.323 e. The number of hydrogen-bond donors (Lipinski definition) is 3. The number of hydrogen-bond acceptors (Lipinski definition) is 6. The first-order valence-electron chi connectivity index (χ1n) is 12.3. The van der Waals surface area contributed by atoms with Crippen LogP contribution in [0.1, 0.15) is 18.2 Å². The molecule has 4 N–H and O–H groups in total. The van der Waals surface area contributed by atoms with Gasteiger partial charge in [-0.1, -0.05) is 18.2 Å². The molecule has 0 atom stereocenters. The van der Waals surface area contributed by atoms with E-state index in [4.69, 9.17) is 5.73 Å². The van der Waals surface area contributed by atoms with E-state index in [0.29, 0.717) is 36.7 Å². The molecule has 0 spiro atoms. The second kappa shape index (κ2) is 10.5. The average molecular weight is 517 g/mol. The molecule has 1 aliphatic rings. The molecule has 4 aromatic rings. The Labute approximate surface area is 219 Å². The van der Waals surface area contributed by atoms with E-state index in [1.165, 1.54) is 12.4 Å². The Morgan fingerprint density at radius 1 is 1.03 bits per heavy atom. The first kappa shape index (κ1) is 25.2. The summed E-state index contributed by atoms with van der Waals surface area (Å²) in [6.07, 6.45) is 1.44. The van der Waals surface area contributed by atoms with Crippen molar-refractivity contribution in [2.24, 2.45) is 0 Å². The third-order valence-corrected chi connectivity index (χ3v) is 6.68. The Kier molecular flexibility index (Phi) is 6.93. The lowest BCUT2D eigenvalue weighted by molar-refractivity contribution is -0.130. The Bertz CT molecular complexity index is 1490. The van der Waals surface area contributed by atoms with Gasteiger partial charge in [-0.05, 0) is 48.4 Å². The van der Waals surface area contributed by atoms with E-state index in [1.807, 2.05) is 34.5 Å². The number of anilines is 3. The number of rotatable bonds is 5. The summed E-state index contributed by atoms with van der Waals surface area (Å²) in [5.74, 6) is -0.0410. The molecule has 3 amide bonds. The van der Waals surface area contributed by atoms with Crippen molar-refractivity contribution in [2.75, 3.05) is 42.5 Å². The lowest BCUT2D eigenvalue weighted by Gasteiger charge is -2.33. The molecule has 10 nitrogen and oxygen atoms in total. The highest BCUT2D eigenvalue weighted by Gasteiger charge is 2.22. The minimum Gasteiger partial charge on any atom is -0.382 e. The van der Waals surface area contributed by atoms with Crippen LogP contribution in [0.15, 0.2) is 54.9 Å². The summed E-state index contributed by atoms with van der Waals surface area (Å²) in [5, 5.41) is 9.72. The summed E-state index contributed by atoms with van der Waals surface area (Å²) < 4.78 is 15.8. The molecule has 1 fully saturated rings. The van der Waals surface area contributed by atoms with Crippen LogP contribution in [-0.2, 0) is 11.3 Å². The summed E-state index contributed by atoms with van der Waals surface area (Å²) in [4.78, 5) is 32.4. The number of piperazine rings is 1. The zero-order chi connectivity index (χ0) is 26.8. The maximum absolute atomic E-state index is 14.0. The van der Waals surface area contributed by atoms with Crippen molar-refractivity contribution >= 4 is 34.6 Å². The third kappa shape index (κ3) is 5.28. The number of halogens is 1. The summed E-state index contributed by atoms with van der Waals surface area (Å²) in [6.45, 7) is 7.01. The van der Waals surface area contributed by atoms with Gasteiger partial charge in [-0.3, -0.25) is 9.69 Å². The van der Waals surface area contributed by atoms with Gasteiger partial charge < -0.3 is 21.3 Å². The van der Waals surface area contributed by atoms with Crippen LogP contribution in [0.2, 0.25) is 0 Å². The molecule has 0 unspecified atom stereocenters. The molecule has 1 aliphatic heterocycles. The normalized spacial score (nSPS) is 14.0. The van der Waals surface area contributed by atoms with Crippen molar-refractivity contribution in [3.05, 3.63) is 71.9 Å². The monoisotopic (exact) mass is 516 g/mol. The Balaban J connectivity index is 1.34. The second-order valence-corrected chi connectivity index (χ2v) is 9.38. The zero-order valence-corrected chi connectivity index (χ0v) is 21.2. The largest absolute Gasteiger partial charge is 0.382 e. The highest BCUT2D eigenvalue weighted by molar-refractivity contribution is 6.00. The summed E-state index contributed by atoms with van der Waals surface area (Å²) in [7, 11) is 0. The molecule has 0 radical (unpaired) electrons. The average Bonchev–Trinajstić information content (AvgIpc) is 3.26. The predicted octanol–water partition coefficient (Wildman–Crippen LogP) is 3.73. The predicted molar refractivity (Wildman–Crippen MR) is 144 cm³/mol. The third-order valence-electron chi connectivity index (χ3n) is 6.68. The number of nitrogen functional groups attached to an aromatic ring is 1. The van der Waals surface area contributed by atoms with E-state index in [9.17, 15) is 14.0 Å². The molecular weight excluding hydrogens is 487 g/mol. The molecular formula is C27H29FN8O2. The molecule has 1 saturated heterocycles. The fourth-order valence-electron chi connectivity index (χ4n) is 4.67. The number of nitrogens with one attached hydrogen (secondary N) is 2. The topological polar surface area (TPSA) is 121 Å². The van der Waals surface area contributed by atoms with Crippen molar-refractivity contribution in [1.82, 2.24) is 24.4 Å². The number of benzene rings is 2. The van der Waals surface area contributed by atoms with E-state index in [-0.39, 0.29) is 11.6 Å². The van der Waals surface area contributed by atoms with Gasteiger partial charge in [-0.2, -0.15) is 5.10 Å². The van der Waals surface area contributed by atoms with E-state index >= 15 is 0 Å². The lowest BCUT2D eigenvalue weighted by Crippen LogP contribution is -2.47. The minimum absolute atomic E-state index is 0.0957. The van der Waals surface area contributed by atoms with Crippen LogP contribution in [0.4, 0.5) is 26.4 Å². The van der Waals surface area contributed by atoms with Gasteiger partial charge >= 0.3 is 6.03 Å². The number of nitrogens with zero attached hydrogens (tertiary/aromatic N) is 5. The molecule has 196 valence electrons. The summed E-state index contributed by atoms with van der Waals surface area (Å²) >= 11 is 0. The van der Waals surface area contributed by atoms with Gasteiger partial charge in [0.1, 0.15) is 17.7 Å². The van der Waals surface area contributed by atoms with Crippen molar-refractivity contribution in [3.8, 4) is 11.1 Å². The minimum atomic E-state index is -0.540. The number of carbonyl (C=O) groups excluding carboxylic acids is 2. The van der Waals surface area contributed by atoms with Crippen LogP contribution >= 0.6 is 0 Å². The maximum atomic E-state index is 14.0.